The number of rotatable bonds is 2. The van der Waals surface area contributed by atoms with E-state index in [9.17, 15) is 14.5 Å². The first-order chi connectivity index (χ1) is 7.59. The van der Waals surface area contributed by atoms with Gasteiger partial charge in [-0.25, -0.2) is 4.39 Å². The summed E-state index contributed by atoms with van der Waals surface area (Å²) in [5.74, 6) is -0.431. The molecule has 0 aliphatic carbocycles. The van der Waals surface area contributed by atoms with Crippen LogP contribution >= 0.6 is 0 Å². The van der Waals surface area contributed by atoms with Crippen molar-refractivity contribution < 1.29 is 9.31 Å². The molecule has 1 atom stereocenters. The molecular weight excluding hydrogens is 211 g/mol. The minimum atomic E-state index is -0.459. The molecule has 1 unspecified atom stereocenters. The summed E-state index contributed by atoms with van der Waals surface area (Å²) in [6, 6.07) is 3.85. The smallest absolute Gasteiger partial charge is 0.292 e. The van der Waals surface area contributed by atoms with Gasteiger partial charge in [-0.1, -0.05) is 0 Å². The fourth-order valence-corrected chi connectivity index (χ4v) is 2.17. The third-order valence-electron chi connectivity index (χ3n) is 3.00. The molecule has 1 fully saturated rings. The van der Waals surface area contributed by atoms with Crippen LogP contribution in [-0.2, 0) is 0 Å². The molecule has 0 aromatic heterocycles. The predicted octanol–water partition coefficient (Wildman–Crippen LogP) is 2.72. The zero-order chi connectivity index (χ0) is 11.7. The Morgan fingerprint density at radius 2 is 2.31 bits per heavy atom. The third kappa shape index (κ3) is 1.85. The topological polar surface area (TPSA) is 46.4 Å². The first-order valence-electron chi connectivity index (χ1n) is 5.30. The second kappa shape index (κ2) is 4.08. The van der Waals surface area contributed by atoms with Crippen LogP contribution in [0.3, 0.4) is 0 Å². The maximum absolute atomic E-state index is 13.1. The molecule has 0 spiro atoms. The van der Waals surface area contributed by atoms with Gasteiger partial charge in [0.25, 0.3) is 5.69 Å². The van der Waals surface area contributed by atoms with Gasteiger partial charge in [-0.2, -0.15) is 0 Å². The van der Waals surface area contributed by atoms with Gasteiger partial charge in [0.2, 0.25) is 0 Å². The maximum Gasteiger partial charge on any atom is 0.292 e. The van der Waals surface area contributed by atoms with Crippen LogP contribution in [0.25, 0.3) is 0 Å². The minimum absolute atomic E-state index is 0.0184. The number of benzene rings is 1. The van der Waals surface area contributed by atoms with Crippen LogP contribution < -0.4 is 4.90 Å². The summed E-state index contributed by atoms with van der Waals surface area (Å²) in [6.45, 7) is 2.76. The van der Waals surface area contributed by atoms with Gasteiger partial charge in [0.1, 0.15) is 11.5 Å². The number of nitro groups is 1. The zero-order valence-electron chi connectivity index (χ0n) is 9.02. The van der Waals surface area contributed by atoms with Gasteiger partial charge in [-0.3, -0.25) is 10.1 Å². The Labute approximate surface area is 92.8 Å². The molecule has 0 radical (unpaired) electrons. The van der Waals surface area contributed by atoms with Crippen LogP contribution in [0.2, 0.25) is 0 Å². The van der Waals surface area contributed by atoms with Crippen molar-refractivity contribution in [3.05, 3.63) is 34.1 Å². The van der Waals surface area contributed by atoms with Crippen molar-refractivity contribution in [1.82, 2.24) is 0 Å². The third-order valence-corrected chi connectivity index (χ3v) is 3.00. The number of halogens is 1. The summed E-state index contributed by atoms with van der Waals surface area (Å²) in [7, 11) is 0. The van der Waals surface area contributed by atoms with Crippen LogP contribution in [0.4, 0.5) is 15.8 Å². The molecule has 1 aromatic rings. The van der Waals surface area contributed by atoms with Crippen molar-refractivity contribution in [2.24, 2.45) is 0 Å². The monoisotopic (exact) mass is 224 g/mol. The van der Waals surface area contributed by atoms with Gasteiger partial charge in [0, 0.05) is 24.7 Å². The highest BCUT2D eigenvalue weighted by molar-refractivity contribution is 5.64. The molecule has 0 N–H and O–H groups in total. The first kappa shape index (κ1) is 10.9. The lowest BCUT2D eigenvalue weighted by Gasteiger charge is -2.23. The highest BCUT2D eigenvalue weighted by Crippen LogP contribution is 2.33. The van der Waals surface area contributed by atoms with E-state index in [0.717, 1.165) is 25.5 Å². The summed E-state index contributed by atoms with van der Waals surface area (Å²) in [5.41, 5.74) is 0.380. The molecule has 16 heavy (non-hydrogen) atoms. The molecule has 0 amide bonds. The van der Waals surface area contributed by atoms with Crippen LogP contribution in [-0.4, -0.2) is 17.5 Å². The second-order valence-corrected chi connectivity index (χ2v) is 4.07. The zero-order valence-corrected chi connectivity index (χ0v) is 9.02. The van der Waals surface area contributed by atoms with Crippen molar-refractivity contribution in [3.63, 3.8) is 0 Å². The Morgan fingerprint density at radius 1 is 1.56 bits per heavy atom. The van der Waals surface area contributed by atoms with E-state index in [4.69, 9.17) is 0 Å². The van der Waals surface area contributed by atoms with E-state index in [2.05, 4.69) is 0 Å². The molecule has 0 saturated carbocycles. The van der Waals surface area contributed by atoms with Crippen molar-refractivity contribution in [1.29, 1.82) is 0 Å². The van der Waals surface area contributed by atoms with E-state index < -0.39 is 10.7 Å². The maximum atomic E-state index is 13.1. The number of anilines is 1. The van der Waals surface area contributed by atoms with Gasteiger partial charge >= 0.3 is 0 Å². The van der Waals surface area contributed by atoms with Crippen LogP contribution in [0.15, 0.2) is 18.2 Å². The quantitative estimate of drug-likeness (QED) is 0.573. The van der Waals surface area contributed by atoms with E-state index in [1.165, 1.54) is 12.1 Å². The standard InChI is InChI=1S/C11H13FN2O2/c1-8-3-2-6-13(8)11-7-9(12)4-5-10(11)14(15)16/h4-5,7-8H,2-3,6H2,1H3. The molecule has 1 heterocycles. The highest BCUT2D eigenvalue weighted by Gasteiger charge is 2.27. The Bertz CT molecular complexity index is 422. The van der Waals surface area contributed by atoms with Crippen molar-refractivity contribution in [3.8, 4) is 0 Å². The van der Waals surface area contributed by atoms with Crippen molar-refractivity contribution >= 4 is 11.4 Å². The predicted molar refractivity (Wildman–Crippen MR) is 59.1 cm³/mol. The van der Waals surface area contributed by atoms with Gasteiger partial charge in [-0.05, 0) is 25.8 Å². The van der Waals surface area contributed by atoms with E-state index >= 15 is 0 Å². The molecule has 1 aliphatic rings. The summed E-state index contributed by atoms with van der Waals surface area (Å²) < 4.78 is 13.1. The lowest BCUT2D eigenvalue weighted by molar-refractivity contribution is -0.384. The van der Waals surface area contributed by atoms with Crippen molar-refractivity contribution in [2.75, 3.05) is 11.4 Å². The fraction of sp³-hybridized carbons (Fsp3) is 0.455. The van der Waals surface area contributed by atoms with E-state index in [-0.39, 0.29) is 11.7 Å². The Hall–Kier alpha value is -1.65. The molecule has 2 rings (SSSR count). The normalized spacial score (nSPS) is 20.1. The average molecular weight is 224 g/mol. The molecular formula is C11H13FN2O2. The Kier molecular flexibility index (Phi) is 2.77. The first-order valence-corrected chi connectivity index (χ1v) is 5.30. The molecule has 1 aliphatic heterocycles. The fourth-order valence-electron chi connectivity index (χ4n) is 2.17. The Morgan fingerprint density at radius 3 is 2.88 bits per heavy atom. The molecule has 1 saturated heterocycles. The van der Waals surface area contributed by atoms with E-state index in [1.807, 2.05) is 11.8 Å². The van der Waals surface area contributed by atoms with E-state index in [1.54, 1.807) is 0 Å². The molecule has 1 aromatic carbocycles. The molecule has 86 valence electrons. The number of hydrogen-bond donors (Lipinski definition) is 0. The van der Waals surface area contributed by atoms with Gasteiger partial charge < -0.3 is 4.90 Å². The van der Waals surface area contributed by atoms with Gasteiger partial charge in [0.15, 0.2) is 0 Å². The van der Waals surface area contributed by atoms with Crippen LogP contribution in [0, 0.1) is 15.9 Å². The van der Waals surface area contributed by atoms with Crippen molar-refractivity contribution in [2.45, 2.75) is 25.8 Å². The largest absolute Gasteiger partial charge is 0.363 e. The summed E-state index contributed by atoms with van der Waals surface area (Å²) >= 11 is 0. The van der Waals surface area contributed by atoms with Gasteiger partial charge in [-0.15, -0.1) is 0 Å². The number of hydrogen-bond acceptors (Lipinski definition) is 3. The lowest BCUT2D eigenvalue weighted by atomic mass is 10.2. The lowest BCUT2D eigenvalue weighted by Crippen LogP contribution is -2.27. The van der Waals surface area contributed by atoms with E-state index in [0.29, 0.717) is 5.69 Å². The van der Waals surface area contributed by atoms with Crippen LogP contribution in [0.5, 0.6) is 0 Å². The molecule has 0 bridgehead atoms. The average Bonchev–Trinajstić information content (AvgIpc) is 2.63. The summed E-state index contributed by atoms with van der Waals surface area (Å²) in [4.78, 5) is 12.3. The Balaban J connectivity index is 2.44. The van der Waals surface area contributed by atoms with Gasteiger partial charge in [0.05, 0.1) is 4.92 Å². The molecule has 5 heteroatoms. The second-order valence-electron chi connectivity index (χ2n) is 4.07. The van der Waals surface area contributed by atoms with Crippen LogP contribution in [0.1, 0.15) is 19.8 Å². The highest BCUT2D eigenvalue weighted by atomic mass is 19.1. The minimum Gasteiger partial charge on any atom is -0.363 e. The SMILES string of the molecule is CC1CCCN1c1cc(F)ccc1[N+](=O)[O-]. The number of nitrogens with zero attached hydrogens (tertiary/aromatic N) is 2. The summed E-state index contributed by atoms with van der Waals surface area (Å²) in [5, 5.41) is 10.9. The number of nitro benzene ring substituents is 1. The molecule has 4 nitrogen and oxygen atoms in total. The summed E-state index contributed by atoms with van der Waals surface area (Å²) in [6.07, 6.45) is 1.99.